The Kier molecular flexibility index (Phi) is 0.655. The lowest BCUT2D eigenvalue weighted by molar-refractivity contribution is 0.731. The van der Waals surface area contributed by atoms with Crippen molar-refractivity contribution in [3.8, 4) is 0 Å². The van der Waals surface area contributed by atoms with Crippen LogP contribution in [0.3, 0.4) is 0 Å². The van der Waals surface area contributed by atoms with E-state index < -0.39 is 0 Å². The maximum absolute atomic E-state index is 2.32. The van der Waals surface area contributed by atoms with E-state index in [1.165, 1.54) is 17.0 Å². The summed E-state index contributed by atoms with van der Waals surface area (Å²) in [5.74, 6) is 1.32. The summed E-state index contributed by atoms with van der Waals surface area (Å²) in [6.07, 6.45) is 0. The van der Waals surface area contributed by atoms with Gasteiger partial charge in [-0.3, -0.25) is 0 Å². The van der Waals surface area contributed by atoms with E-state index in [2.05, 4.69) is 4.31 Å². The van der Waals surface area contributed by atoms with Gasteiger partial charge in [-0.05, 0) is 11.9 Å². The van der Waals surface area contributed by atoms with E-state index in [1.807, 2.05) is 23.7 Å². The molecule has 0 N–H and O–H groups in total. The van der Waals surface area contributed by atoms with Gasteiger partial charge in [0.05, 0.1) is 0 Å². The van der Waals surface area contributed by atoms with Crippen LogP contribution in [0.25, 0.3) is 0 Å². The van der Waals surface area contributed by atoms with Gasteiger partial charge in [-0.15, -0.1) is 11.8 Å². The summed E-state index contributed by atoms with van der Waals surface area (Å²) in [4.78, 5) is 0. The SMILES string of the molecule is C1CN2S[C]2S1. The van der Waals surface area contributed by atoms with Crippen molar-refractivity contribution in [3.63, 3.8) is 0 Å². The number of fused-ring (bicyclic) bond motifs is 1. The molecule has 1 atom stereocenters. The molecule has 3 heteroatoms. The van der Waals surface area contributed by atoms with Crippen LogP contribution in [0.5, 0.6) is 0 Å². The first-order valence-corrected chi connectivity index (χ1v) is 3.68. The largest absolute Gasteiger partial charge is 0.218 e. The first-order valence-electron chi connectivity index (χ1n) is 1.92. The molecule has 0 saturated carbocycles. The first-order chi connectivity index (χ1) is 2.97. The predicted octanol–water partition coefficient (Wildman–Crippen LogP) is 1.14. The first kappa shape index (κ1) is 3.64. The lowest BCUT2D eigenvalue weighted by Crippen LogP contribution is -1.89. The molecule has 0 bridgehead atoms. The molecule has 0 aromatic heterocycles. The summed E-state index contributed by atoms with van der Waals surface area (Å²) in [6, 6.07) is 0. The highest BCUT2D eigenvalue weighted by atomic mass is 32.2. The van der Waals surface area contributed by atoms with Crippen molar-refractivity contribution < 1.29 is 0 Å². The fraction of sp³-hybridized carbons (Fsp3) is 0.667. The van der Waals surface area contributed by atoms with Gasteiger partial charge in [-0.1, -0.05) is 0 Å². The molecule has 6 heavy (non-hydrogen) atoms. The number of hydrogen-bond donors (Lipinski definition) is 0. The van der Waals surface area contributed by atoms with E-state index in [0.717, 1.165) is 0 Å². The predicted molar refractivity (Wildman–Crippen MR) is 30.0 cm³/mol. The van der Waals surface area contributed by atoms with Gasteiger partial charge in [0, 0.05) is 12.3 Å². The zero-order chi connectivity index (χ0) is 3.98. The van der Waals surface area contributed by atoms with Crippen LogP contribution in [0, 0.1) is 4.71 Å². The van der Waals surface area contributed by atoms with Crippen LogP contribution in [0.4, 0.5) is 0 Å². The van der Waals surface area contributed by atoms with Crippen LogP contribution in [0.15, 0.2) is 0 Å². The highest BCUT2D eigenvalue weighted by Crippen LogP contribution is 2.59. The van der Waals surface area contributed by atoms with Crippen LogP contribution in [0.2, 0.25) is 0 Å². The van der Waals surface area contributed by atoms with Crippen molar-refractivity contribution in [3.05, 3.63) is 4.71 Å². The molecule has 0 aromatic rings. The fourth-order valence-electron chi connectivity index (χ4n) is 0.525. The second-order valence-electron chi connectivity index (χ2n) is 1.31. The molecule has 1 nitrogen and oxygen atoms in total. The monoisotopic (exact) mass is 118 g/mol. The quantitative estimate of drug-likeness (QED) is 0.347. The molecule has 0 aromatic carbocycles. The number of nitrogens with zero attached hydrogens (tertiary/aromatic N) is 1. The number of hydrogen-bond acceptors (Lipinski definition) is 3. The Labute approximate surface area is 45.6 Å². The van der Waals surface area contributed by atoms with Crippen LogP contribution in [-0.4, -0.2) is 16.6 Å². The van der Waals surface area contributed by atoms with Crippen LogP contribution < -0.4 is 0 Å². The second kappa shape index (κ2) is 1.08. The van der Waals surface area contributed by atoms with Gasteiger partial charge in [-0.25, -0.2) is 4.31 Å². The highest BCUT2D eigenvalue weighted by molar-refractivity contribution is 8.26. The van der Waals surface area contributed by atoms with Crippen LogP contribution in [0.1, 0.15) is 0 Å². The van der Waals surface area contributed by atoms with Crippen molar-refractivity contribution in [1.29, 1.82) is 0 Å². The molecule has 2 fully saturated rings. The molecule has 2 aliphatic rings. The van der Waals surface area contributed by atoms with Crippen LogP contribution in [-0.2, 0) is 0 Å². The Morgan fingerprint density at radius 2 is 2.67 bits per heavy atom. The smallest absolute Gasteiger partial charge is 0.177 e. The van der Waals surface area contributed by atoms with E-state index >= 15 is 0 Å². The van der Waals surface area contributed by atoms with Crippen molar-refractivity contribution in [2.24, 2.45) is 0 Å². The van der Waals surface area contributed by atoms with E-state index in [0.29, 0.717) is 0 Å². The van der Waals surface area contributed by atoms with Gasteiger partial charge < -0.3 is 0 Å². The fourth-order valence-corrected chi connectivity index (χ4v) is 2.63. The molecule has 2 saturated heterocycles. The minimum atomic E-state index is 1.28. The van der Waals surface area contributed by atoms with Gasteiger partial charge in [-0.2, -0.15) is 0 Å². The summed E-state index contributed by atoms with van der Waals surface area (Å²) in [5, 5.41) is 0. The van der Waals surface area contributed by atoms with E-state index in [-0.39, 0.29) is 0 Å². The lowest BCUT2D eigenvalue weighted by Gasteiger charge is -1.80. The maximum Gasteiger partial charge on any atom is 0.177 e. The third kappa shape index (κ3) is 0.389. The second-order valence-corrected chi connectivity index (χ2v) is 3.66. The Balaban J connectivity index is 2.09. The molecule has 1 radical (unpaired) electrons. The number of thioether (sulfide) groups is 1. The Morgan fingerprint density at radius 3 is 2.83 bits per heavy atom. The molecule has 2 heterocycles. The third-order valence-corrected chi connectivity index (χ3v) is 3.22. The van der Waals surface area contributed by atoms with E-state index in [4.69, 9.17) is 0 Å². The standard InChI is InChI=1S/C3H4NS2/c1-2-5-3-4(1)6-3/h1-2H2. The molecular weight excluding hydrogens is 114 g/mol. The van der Waals surface area contributed by atoms with Crippen molar-refractivity contribution in [1.82, 2.24) is 4.31 Å². The topological polar surface area (TPSA) is 3.01 Å². The molecule has 0 spiro atoms. The van der Waals surface area contributed by atoms with E-state index in [1.54, 1.807) is 0 Å². The van der Waals surface area contributed by atoms with Gasteiger partial charge in [0.25, 0.3) is 0 Å². The molecule has 0 amide bonds. The van der Waals surface area contributed by atoms with Gasteiger partial charge >= 0.3 is 0 Å². The van der Waals surface area contributed by atoms with Crippen molar-refractivity contribution in [2.45, 2.75) is 0 Å². The van der Waals surface area contributed by atoms with Gasteiger partial charge in [0.15, 0.2) is 4.71 Å². The summed E-state index contributed by atoms with van der Waals surface area (Å²) >= 11 is 3.87. The summed E-state index contributed by atoms with van der Waals surface area (Å²) in [7, 11) is 0. The third-order valence-electron chi connectivity index (χ3n) is 0.879. The molecule has 2 rings (SSSR count). The minimum Gasteiger partial charge on any atom is -0.218 e. The molecule has 0 aliphatic carbocycles. The van der Waals surface area contributed by atoms with Gasteiger partial charge in [0.1, 0.15) is 0 Å². The summed E-state index contributed by atoms with van der Waals surface area (Å²) in [5.41, 5.74) is 0. The minimum absolute atomic E-state index is 1.28. The normalized spacial score (nSPS) is 43.0. The average molecular weight is 118 g/mol. The van der Waals surface area contributed by atoms with Crippen molar-refractivity contribution >= 4 is 23.7 Å². The Bertz CT molecular complexity index is 67.2. The Morgan fingerprint density at radius 1 is 1.67 bits per heavy atom. The summed E-state index contributed by atoms with van der Waals surface area (Å²) in [6.45, 7) is 1.28. The molecular formula is C3H4NS2. The van der Waals surface area contributed by atoms with Crippen LogP contribution >= 0.6 is 23.7 Å². The summed E-state index contributed by atoms with van der Waals surface area (Å²) < 4.78 is 3.86. The zero-order valence-electron chi connectivity index (χ0n) is 3.18. The molecule has 33 valence electrons. The van der Waals surface area contributed by atoms with E-state index in [9.17, 15) is 0 Å². The average Bonchev–Trinajstić information content (AvgIpc) is 2.17. The molecule has 1 unspecified atom stereocenters. The number of rotatable bonds is 0. The maximum atomic E-state index is 2.32. The lowest BCUT2D eigenvalue weighted by atomic mass is 10.8. The van der Waals surface area contributed by atoms with Gasteiger partial charge in [0.2, 0.25) is 0 Å². The highest BCUT2D eigenvalue weighted by Gasteiger charge is 2.42. The van der Waals surface area contributed by atoms with Crippen molar-refractivity contribution in [2.75, 3.05) is 12.3 Å². The zero-order valence-corrected chi connectivity index (χ0v) is 4.81. The Hall–Kier alpha value is 0.660. The molecule has 2 aliphatic heterocycles.